The van der Waals surface area contributed by atoms with Crippen molar-refractivity contribution in [2.45, 2.75) is 29.7 Å². The van der Waals surface area contributed by atoms with Gasteiger partial charge in [0.2, 0.25) is 0 Å². The quantitative estimate of drug-likeness (QED) is 0.829. The van der Waals surface area contributed by atoms with Crippen LogP contribution >= 0.6 is 23.4 Å². The number of hydrogen-bond acceptors (Lipinski definition) is 2. The number of benzene rings is 1. The van der Waals surface area contributed by atoms with Gasteiger partial charge in [0.15, 0.2) is 0 Å². The Labute approximate surface area is 117 Å². The predicted molar refractivity (Wildman–Crippen MR) is 68.5 cm³/mol. The summed E-state index contributed by atoms with van der Waals surface area (Å²) in [4.78, 5) is 0.952. The van der Waals surface area contributed by atoms with Crippen LogP contribution in [-0.4, -0.2) is 24.6 Å². The molecule has 1 aliphatic heterocycles. The molecule has 0 aliphatic carbocycles. The third-order valence-electron chi connectivity index (χ3n) is 2.91. The van der Waals surface area contributed by atoms with Gasteiger partial charge >= 0.3 is 12.3 Å². The summed E-state index contributed by atoms with van der Waals surface area (Å²) in [5.41, 5.74) is 0.800. The van der Waals surface area contributed by atoms with Crippen LogP contribution in [-0.2, 0) is 0 Å². The van der Waals surface area contributed by atoms with Gasteiger partial charge in [-0.15, -0.1) is 11.8 Å². The molecule has 0 bridgehead atoms. The number of rotatable bonds is 4. The molecule has 0 saturated heterocycles. The van der Waals surface area contributed by atoms with Crippen molar-refractivity contribution in [2.24, 2.45) is 0 Å². The van der Waals surface area contributed by atoms with E-state index in [1.54, 1.807) is 23.9 Å². The van der Waals surface area contributed by atoms with Gasteiger partial charge in [0.05, 0.1) is 6.54 Å². The number of nitrogens with one attached hydrogen (secondary N) is 1. The summed E-state index contributed by atoms with van der Waals surface area (Å²) in [6.45, 7) is -1.04. The van der Waals surface area contributed by atoms with E-state index in [1.807, 2.05) is 6.07 Å². The van der Waals surface area contributed by atoms with Crippen molar-refractivity contribution < 1.29 is 17.6 Å². The Kier molecular flexibility index (Phi) is 4.63. The van der Waals surface area contributed by atoms with Crippen LogP contribution in [0.2, 0.25) is 5.02 Å². The molecule has 106 valence electrons. The molecule has 1 aromatic rings. The molecule has 1 atom stereocenters. The Hall–Kier alpha value is -0.460. The fourth-order valence-corrected chi connectivity index (χ4v) is 3.20. The zero-order chi connectivity index (χ0) is 14.0. The lowest BCUT2D eigenvalue weighted by atomic mass is 10.0. The fraction of sp³-hybridized carbons (Fsp3) is 0.500. The smallest absolute Gasteiger partial charge is 0.304 e. The summed E-state index contributed by atoms with van der Waals surface area (Å²) < 4.78 is 50.0. The molecule has 1 N–H and O–H groups in total. The van der Waals surface area contributed by atoms with Crippen LogP contribution in [0, 0.1) is 0 Å². The lowest BCUT2D eigenvalue weighted by molar-refractivity contribution is -0.126. The van der Waals surface area contributed by atoms with Gasteiger partial charge in [0.25, 0.3) is 0 Å². The SMILES string of the molecule is FC(F)C(F)(F)CNC1CCSc2ccc(Cl)cc21. The third-order valence-corrected chi connectivity index (χ3v) is 4.27. The largest absolute Gasteiger partial charge is 0.319 e. The average Bonchev–Trinajstić information content (AvgIpc) is 2.36. The summed E-state index contributed by atoms with van der Waals surface area (Å²) in [6, 6.07) is 4.88. The van der Waals surface area contributed by atoms with Crippen LogP contribution in [0.15, 0.2) is 23.1 Å². The van der Waals surface area contributed by atoms with Gasteiger partial charge in [-0.2, -0.15) is 8.78 Å². The summed E-state index contributed by atoms with van der Waals surface area (Å²) in [5.74, 6) is -3.25. The first kappa shape index (κ1) is 14.9. The first-order valence-electron chi connectivity index (χ1n) is 5.72. The standard InChI is InChI=1S/C12H12ClF4NS/c13-7-1-2-10-8(5-7)9(3-4-19-10)18-6-12(16,17)11(14)15/h1-2,5,9,11,18H,3-4,6H2. The number of fused-ring (bicyclic) bond motifs is 1. The average molecular weight is 314 g/mol. The lowest BCUT2D eigenvalue weighted by Crippen LogP contribution is -2.41. The highest BCUT2D eigenvalue weighted by Crippen LogP contribution is 2.38. The summed E-state index contributed by atoms with van der Waals surface area (Å²) in [5, 5.41) is 3.03. The molecule has 1 aromatic carbocycles. The number of hydrogen-bond donors (Lipinski definition) is 1. The van der Waals surface area contributed by atoms with Gasteiger partial charge in [0.1, 0.15) is 0 Å². The highest BCUT2D eigenvalue weighted by molar-refractivity contribution is 7.99. The molecule has 1 aliphatic rings. The van der Waals surface area contributed by atoms with Gasteiger partial charge in [-0.05, 0) is 35.9 Å². The van der Waals surface area contributed by atoms with Crippen molar-refractivity contribution in [1.29, 1.82) is 0 Å². The Bertz CT molecular complexity index is 455. The minimum Gasteiger partial charge on any atom is -0.304 e. The molecule has 0 amide bonds. The molecule has 0 radical (unpaired) electrons. The maximum absolute atomic E-state index is 12.9. The van der Waals surface area contributed by atoms with Crippen molar-refractivity contribution in [2.75, 3.05) is 12.3 Å². The molecule has 19 heavy (non-hydrogen) atoms. The van der Waals surface area contributed by atoms with Crippen molar-refractivity contribution in [3.63, 3.8) is 0 Å². The highest BCUT2D eigenvalue weighted by Gasteiger charge is 2.41. The third kappa shape index (κ3) is 3.55. The van der Waals surface area contributed by atoms with Gasteiger partial charge in [-0.25, -0.2) is 8.78 Å². The van der Waals surface area contributed by atoms with E-state index in [0.717, 1.165) is 16.2 Å². The van der Waals surface area contributed by atoms with Crippen molar-refractivity contribution in [3.8, 4) is 0 Å². The molecule has 1 unspecified atom stereocenters. The van der Waals surface area contributed by atoms with E-state index in [4.69, 9.17) is 11.6 Å². The first-order valence-corrected chi connectivity index (χ1v) is 7.08. The van der Waals surface area contributed by atoms with Crippen LogP contribution in [0.5, 0.6) is 0 Å². The zero-order valence-corrected chi connectivity index (χ0v) is 11.4. The minimum atomic E-state index is -4.01. The summed E-state index contributed by atoms with van der Waals surface area (Å²) in [6.07, 6.45) is -3.05. The first-order chi connectivity index (χ1) is 8.90. The Morgan fingerprint density at radius 3 is 2.84 bits per heavy atom. The number of thioether (sulfide) groups is 1. The maximum Gasteiger partial charge on any atom is 0.319 e. The topological polar surface area (TPSA) is 12.0 Å². The summed E-state index contributed by atoms with van der Waals surface area (Å²) >= 11 is 7.48. The second-order valence-electron chi connectivity index (χ2n) is 4.31. The van der Waals surface area contributed by atoms with Crippen molar-refractivity contribution in [1.82, 2.24) is 5.32 Å². The Morgan fingerprint density at radius 2 is 2.16 bits per heavy atom. The van der Waals surface area contributed by atoms with E-state index in [0.29, 0.717) is 11.4 Å². The van der Waals surface area contributed by atoms with E-state index >= 15 is 0 Å². The van der Waals surface area contributed by atoms with Crippen molar-refractivity contribution in [3.05, 3.63) is 28.8 Å². The van der Waals surface area contributed by atoms with Crippen LogP contribution in [0.25, 0.3) is 0 Å². The molecule has 0 fully saturated rings. The van der Waals surface area contributed by atoms with E-state index in [-0.39, 0.29) is 6.04 Å². The number of alkyl halides is 4. The van der Waals surface area contributed by atoms with Crippen LogP contribution < -0.4 is 5.32 Å². The lowest BCUT2D eigenvalue weighted by Gasteiger charge is -2.28. The molecule has 1 heterocycles. The highest BCUT2D eigenvalue weighted by atomic mass is 35.5. The van der Waals surface area contributed by atoms with E-state index in [1.165, 1.54) is 0 Å². The number of halogens is 5. The summed E-state index contributed by atoms with van der Waals surface area (Å²) in [7, 11) is 0. The Morgan fingerprint density at radius 1 is 1.42 bits per heavy atom. The zero-order valence-electron chi connectivity index (χ0n) is 9.81. The fourth-order valence-electron chi connectivity index (χ4n) is 1.91. The normalized spacial score (nSPS) is 19.6. The second kappa shape index (κ2) is 5.89. The van der Waals surface area contributed by atoms with E-state index in [2.05, 4.69) is 5.32 Å². The predicted octanol–water partition coefficient (Wildman–Crippen LogP) is 4.37. The monoisotopic (exact) mass is 313 g/mol. The van der Waals surface area contributed by atoms with Crippen molar-refractivity contribution >= 4 is 23.4 Å². The van der Waals surface area contributed by atoms with Crippen LogP contribution in [0.1, 0.15) is 18.0 Å². The molecule has 0 aromatic heterocycles. The molecular weight excluding hydrogens is 302 g/mol. The molecule has 0 spiro atoms. The van der Waals surface area contributed by atoms with Gasteiger partial charge in [-0.1, -0.05) is 11.6 Å². The van der Waals surface area contributed by atoms with Crippen LogP contribution in [0.4, 0.5) is 17.6 Å². The Balaban J connectivity index is 2.09. The minimum absolute atomic E-state index is 0.362. The maximum atomic E-state index is 12.9. The molecular formula is C12H12ClF4NS. The molecule has 2 rings (SSSR count). The van der Waals surface area contributed by atoms with Gasteiger partial charge in [0, 0.05) is 16.0 Å². The molecule has 0 saturated carbocycles. The van der Waals surface area contributed by atoms with E-state index < -0.39 is 18.9 Å². The van der Waals surface area contributed by atoms with Crippen LogP contribution in [0.3, 0.4) is 0 Å². The molecule has 7 heteroatoms. The molecule has 1 nitrogen and oxygen atoms in total. The second-order valence-corrected chi connectivity index (χ2v) is 5.89. The van der Waals surface area contributed by atoms with E-state index in [9.17, 15) is 17.6 Å². The van der Waals surface area contributed by atoms with Gasteiger partial charge < -0.3 is 5.32 Å². The van der Waals surface area contributed by atoms with Gasteiger partial charge in [-0.3, -0.25) is 0 Å².